The number of nitrogens with two attached hydrogens (primary N) is 1. The summed E-state index contributed by atoms with van der Waals surface area (Å²) >= 11 is 0. The molecule has 116 valence electrons. The Morgan fingerprint density at radius 3 is 2.37 bits per heavy atom. The van der Waals surface area contributed by atoms with Crippen molar-refractivity contribution in [1.29, 1.82) is 0 Å². The van der Waals surface area contributed by atoms with E-state index in [0.717, 1.165) is 26.1 Å². The van der Waals surface area contributed by atoms with Gasteiger partial charge in [0, 0.05) is 19.1 Å². The zero-order valence-corrected chi connectivity index (χ0v) is 13.9. The van der Waals surface area contributed by atoms with Crippen molar-refractivity contribution in [2.45, 2.75) is 39.7 Å². The molecule has 6 heteroatoms. The van der Waals surface area contributed by atoms with Crippen molar-refractivity contribution in [3.63, 3.8) is 0 Å². The Bertz CT molecular complexity index is 250. The fourth-order valence-corrected chi connectivity index (χ4v) is 2.65. The fourth-order valence-electron chi connectivity index (χ4n) is 2.65. The van der Waals surface area contributed by atoms with Gasteiger partial charge in [-0.05, 0) is 31.8 Å². The highest BCUT2D eigenvalue weighted by molar-refractivity contribution is 5.85. The lowest BCUT2D eigenvalue weighted by Gasteiger charge is -2.40. The van der Waals surface area contributed by atoms with Crippen LogP contribution in [-0.4, -0.2) is 54.5 Å². The number of rotatable bonds is 5. The van der Waals surface area contributed by atoms with E-state index in [1.165, 1.54) is 6.42 Å². The molecule has 1 amide bonds. The maximum absolute atomic E-state index is 12.3. The molecule has 0 aliphatic carbocycles. The SMILES string of the molecule is CCN(CC)CC(=O)N1CCCC(C)C1CN.Cl.Cl. The van der Waals surface area contributed by atoms with Gasteiger partial charge in [-0.15, -0.1) is 24.8 Å². The molecule has 19 heavy (non-hydrogen) atoms. The number of amides is 1. The first kappa shape index (κ1) is 21.3. The third-order valence-electron chi connectivity index (χ3n) is 3.93. The van der Waals surface area contributed by atoms with Gasteiger partial charge in [0.05, 0.1) is 6.54 Å². The number of hydrogen-bond donors (Lipinski definition) is 1. The second-order valence-corrected chi connectivity index (χ2v) is 4.97. The summed E-state index contributed by atoms with van der Waals surface area (Å²) in [7, 11) is 0. The van der Waals surface area contributed by atoms with Crippen LogP contribution in [0.3, 0.4) is 0 Å². The molecule has 1 aliphatic heterocycles. The molecule has 2 unspecified atom stereocenters. The highest BCUT2D eigenvalue weighted by Crippen LogP contribution is 2.22. The molecule has 0 saturated carbocycles. The van der Waals surface area contributed by atoms with E-state index < -0.39 is 0 Å². The van der Waals surface area contributed by atoms with Crippen LogP contribution in [0.1, 0.15) is 33.6 Å². The summed E-state index contributed by atoms with van der Waals surface area (Å²) in [6.45, 7) is 10.3. The summed E-state index contributed by atoms with van der Waals surface area (Å²) in [6.07, 6.45) is 2.30. The van der Waals surface area contributed by atoms with E-state index in [9.17, 15) is 4.79 Å². The lowest BCUT2D eigenvalue weighted by atomic mass is 9.90. The quantitative estimate of drug-likeness (QED) is 0.841. The molecule has 2 atom stereocenters. The number of halogens is 2. The van der Waals surface area contributed by atoms with Crippen molar-refractivity contribution >= 4 is 30.7 Å². The van der Waals surface area contributed by atoms with Crippen LogP contribution in [0.2, 0.25) is 0 Å². The van der Waals surface area contributed by atoms with Crippen LogP contribution in [0.25, 0.3) is 0 Å². The molecule has 0 aromatic rings. The largest absolute Gasteiger partial charge is 0.337 e. The molecular formula is C13H29Cl2N3O. The summed E-state index contributed by atoms with van der Waals surface area (Å²) in [4.78, 5) is 16.4. The van der Waals surface area contributed by atoms with Gasteiger partial charge in [0.2, 0.25) is 5.91 Å². The monoisotopic (exact) mass is 313 g/mol. The van der Waals surface area contributed by atoms with Crippen LogP contribution in [0.4, 0.5) is 0 Å². The van der Waals surface area contributed by atoms with E-state index in [2.05, 4.69) is 25.7 Å². The smallest absolute Gasteiger partial charge is 0.237 e. The van der Waals surface area contributed by atoms with Crippen LogP contribution in [0.15, 0.2) is 0 Å². The number of nitrogens with zero attached hydrogens (tertiary/aromatic N) is 2. The molecule has 1 fully saturated rings. The van der Waals surface area contributed by atoms with E-state index in [1.807, 2.05) is 4.90 Å². The minimum atomic E-state index is 0. The highest BCUT2D eigenvalue weighted by atomic mass is 35.5. The van der Waals surface area contributed by atoms with Crippen molar-refractivity contribution in [2.24, 2.45) is 11.7 Å². The van der Waals surface area contributed by atoms with Crippen LogP contribution in [0.5, 0.6) is 0 Å². The number of piperidine rings is 1. The first-order valence-electron chi connectivity index (χ1n) is 6.85. The van der Waals surface area contributed by atoms with Gasteiger partial charge in [-0.3, -0.25) is 9.69 Å². The molecule has 0 bridgehead atoms. The molecule has 0 radical (unpaired) electrons. The van der Waals surface area contributed by atoms with Crippen molar-refractivity contribution in [1.82, 2.24) is 9.80 Å². The zero-order chi connectivity index (χ0) is 12.8. The number of likely N-dealkylation sites (N-methyl/N-ethyl adjacent to an activating group) is 1. The molecule has 0 aromatic carbocycles. The topological polar surface area (TPSA) is 49.6 Å². The average molecular weight is 314 g/mol. The minimum Gasteiger partial charge on any atom is -0.337 e. The Labute approximate surface area is 129 Å². The van der Waals surface area contributed by atoms with E-state index in [1.54, 1.807) is 0 Å². The van der Waals surface area contributed by atoms with Gasteiger partial charge < -0.3 is 10.6 Å². The molecule has 0 aromatic heterocycles. The van der Waals surface area contributed by atoms with E-state index >= 15 is 0 Å². The second-order valence-electron chi connectivity index (χ2n) is 4.97. The van der Waals surface area contributed by atoms with Gasteiger partial charge in [0.15, 0.2) is 0 Å². The van der Waals surface area contributed by atoms with E-state index in [4.69, 9.17) is 5.73 Å². The average Bonchev–Trinajstić information content (AvgIpc) is 2.35. The zero-order valence-electron chi connectivity index (χ0n) is 12.3. The van der Waals surface area contributed by atoms with Crippen LogP contribution >= 0.6 is 24.8 Å². The Hall–Kier alpha value is -0.0300. The normalized spacial score (nSPS) is 22.7. The predicted octanol–water partition coefficient (Wildman–Crippen LogP) is 1.76. The minimum absolute atomic E-state index is 0. The molecule has 4 nitrogen and oxygen atoms in total. The molecule has 1 heterocycles. The first-order chi connectivity index (χ1) is 8.13. The summed E-state index contributed by atoms with van der Waals surface area (Å²) in [6, 6.07) is 0.242. The van der Waals surface area contributed by atoms with E-state index in [0.29, 0.717) is 19.0 Å². The lowest BCUT2D eigenvalue weighted by molar-refractivity contribution is -0.137. The number of hydrogen-bond acceptors (Lipinski definition) is 3. The third-order valence-corrected chi connectivity index (χ3v) is 3.93. The summed E-state index contributed by atoms with van der Waals surface area (Å²) in [5.74, 6) is 0.783. The molecule has 2 N–H and O–H groups in total. The van der Waals surface area contributed by atoms with Gasteiger partial charge in [-0.1, -0.05) is 20.8 Å². The summed E-state index contributed by atoms with van der Waals surface area (Å²) < 4.78 is 0. The Morgan fingerprint density at radius 2 is 1.89 bits per heavy atom. The summed E-state index contributed by atoms with van der Waals surface area (Å²) in [5.41, 5.74) is 5.81. The molecule has 1 rings (SSSR count). The predicted molar refractivity (Wildman–Crippen MR) is 85.2 cm³/mol. The van der Waals surface area contributed by atoms with Crippen LogP contribution in [-0.2, 0) is 4.79 Å². The van der Waals surface area contributed by atoms with Gasteiger partial charge in [0.25, 0.3) is 0 Å². The number of likely N-dealkylation sites (tertiary alicyclic amines) is 1. The Morgan fingerprint density at radius 1 is 1.32 bits per heavy atom. The molecule has 1 saturated heterocycles. The third kappa shape index (κ3) is 5.86. The van der Waals surface area contributed by atoms with Crippen LogP contribution in [0, 0.1) is 5.92 Å². The van der Waals surface area contributed by atoms with Crippen molar-refractivity contribution < 1.29 is 4.79 Å². The van der Waals surface area contributed by atoms with Crippen molar-refractivity contribution in [3.8, 4) is 0 Å². The number of carbonyl (C=O) groups excluding carboxylic acids is 1. The van der Waals surface area contributed by atoms with Crippen LogP contribution < -0.4 is 5.73 Å². The second kappa shape index (κ2) is 10.7. The Balaban J connectivity index is 0. The van der Waals surface area contributed by atoms with Gasteiger partial charge >= 0.3 is 0 Å². The summed E-state index contributed by atoms with van der Waals surface area (Å²) in [5, 5.41) is 0. The highest BCUT2D eigenvalue weighted by Gasteiger charge is 2.30. The van der Waals surface area contributed by atoms with Gasteiger partial charge in [0.1, 0.15) is 0 Å². The Kier molecular flexibility index (Phi) is 12.0. The van der Waals surface area contributed by atoms with Gasteiger partial charge in [-0.2, -0.15) is 0 Å². The molecule has 0 spiro atoms. The van der Waals surface area contributed by atoms with Crippen molar-refractivity contribution in [2.75, 3.05) is 32.7 Å². The molecule has 1 aliphatic rings. The first-order valence-corrected chi connectivity index (χ1v) is 6.85. The van der Waals surface area contributed by atoms with E-state index in [-0.39, 0.29) is 36.8 Å². The number of carbonyl (C=O) groups is 1. The maximum atomic E-state index is 12.3. The fraction of sp³-hybridized carbons (Fsp3) is 0.923. The van der Waals surface area contributed by atoms with Gasteiger partial charge in [-0.25, -0.2) is 0 Å². The molecular weight excluding hydrogens is 285 g/mol. The standard InChI is InChI=1S/C13H27N3O.2ClH/c1-4-15(5-2)10-13(17)16-8-6-7-11(3)12(16)9-14;;/h11-12H,4-10,14H2,1-3H3;2*1H. The van der Waals surface area contributed by atoms with Crippen molar-refractivity contribution in [3.05, 3.63) is 0 Å². The maximum Gasteiger partial charge on any atom is 0.237 e. The lowest BCUT2D eigenvalue weighted by Crippen LogP contribution is -2.53.